The molecular weight excluding hydrogens is 360 g/mol. The minimum Gasteiger partial charge on any atom is -0.493 e. The number of aryl methyl sites for hydroxylation is 2. The average molecular weight is 384 g/mol. The van der Waals surface area contributed by atoms with Crippen molar-refractivity contribution in [2.75, 3.05) is 18.5 Å². The van der Waals surface area contributed by atoms with E-state index in [1.165, 1.54) is 0 Å². The number of ether oxygens (including phenoxy) is 1. The molecule has 0 heterocycles. The molecule has 0 fully saturated rings. The van der Waals surface area contributed by atoms with Gasteiger partial charge in [0.05, 0.1) is 19.4 Å². The lowest BCUT2D eigenvalue weighted by Gasteiger charge is -2.10. The monoisotopic (exact) mass is 384 g/mol. The summed E-state index contributed by atoms with van der Waals surface area (Å²) in [6, 6.07) is 12.2. The van der Waals surface area contributed by atoms with E-state index >= 15 is 0 Å². The van der Waals surface area contributed by atoms with Gasteiger partial charge in [0.2, 0.25) is 5.91 Å². The molecule has 0 spiro atoms. The first-order chi connectivity index (χ1) is 13.3. The van der Waals surface area contributed by atoms with E-state index < -0.39 is 5.97 Å². The van der Waals surface area contributed by atoms with Crippen LogP contribution in [0.2, 0.25) is 0 Å². The van der Waals surface area contributed by atoms with Gasteiger partial charge < -0.3 is 20.5 Å². The molecular formula is C21H24N2O5. The number of aliphatic carboxylic acids is 1. The predicted molar refractivity (Wildman–Crippen MR) is 106 cm³/mol. The third-order valence-electron chi connectivity index (χ3n) is 3.97. The highest BCUT2D eigenvalue weighted by molar-refractivity contribution is 5.95. The van der Waals surface area contributed by atoms with Crippen molar-refractivity contribution in [1.82, 2.24) is 5.32 Å². The molecule has 2 aromatic carbocycles. The fraction of sp³-hybridized carbons (Fsp3) is 0.286. The molecule has 7 heteroatoms. The maximum atomic E-state index is 12.0. The van der Waals surface area contributed by atoms with Crippen LogP contribution >= 0.6 is 0 Å². The number of carbonyl (C=O) groups is 3. The van der Waals surface area contributed by atoms with Crippen molar-refractivity contribution in [2.45, 2.75) is 26.7 Å². The van der Waals surface area contributed by atoms with E-state index in [0.717, 1.165) is 16.9 Å². The first-order valence-corrected chi connectivity index (χ1v) is 8.95. The first kappa shape index (κ1) is 21.0. The van der Waals surface area contributed by atoms with E-state index in [0.29, 0.717) is 11.3 Å². The predicted octanol–water partition coefficient (Wildman–Crippen LogP) is 2.92. The lowest BCUT2D eigenvalue weighted by atomic mass is 10.1. The highest BCUT2D eigenvalue weighted by atomic mass is 16.5. The number of amides is 2. The van der Waals surface area contributed by atoms with Gasteiger partial charge in [0.15, 0.2) is 0 Å². The molecule has 0 aromatic heterocycles. The van der Waals surface area contributed by atoms with Gasteiger partial charge in [-0.05, 0) is 49.7 Å². The van der Waals surface area contributed by atoms with Crippen LogP contribution in [0.5, 0.6) is 5.75 Å². The summed E-state index contributed by atoms with van der Waals surface area (Å²) in [4.78, 5) is 34.4. The highest BCUT2D eigenvalue weighted by Gasteiger charge is 2.08. The topological polar surface area (TPSA) is 105 Å². The van der Waals surface area contributed by atoms with Gasteiger partial charge in [-0.2, -0.15) is 0 Å². The third kappa shape index (κ3) is 6.75. The molecule has 0 bridgehead atoms. The first-order valence-electron chi connectivity index (χ1n) is 8.95. The number of carbonyl (C=O) groups excluding carboxylic acids is 2. The lowest BCUT2D eigenvalue weighted by molar-refractivity contribution is -0.136. The largest absolute Gasteiger partial charge is 0.493 e. The number of carboxylic acid groups (broad SMARTS) is 1. The van der Waals surface area contributed by atoms with Crippen LogP contribution in [0, 0.1) is 13.8 Å². The van der Waals surface area contributed by atoms with E-state index in [9.17, 15) is 14.4 Å². The summed E-state index contributed by atoms with van der Waals surface area (Å²) in [5, 5.41) is 13.8. The molecule has 148 valence electrons. The second-order valence-electron chi connectivity index (χ2n) is 6.39. The number of nitrogens with one attached hydrogen (secondary N) is 2. The average Bonchev–Trinajstić information content (AvgIpc) is 2.63. The van der Waals surface area contributed by atoms with Gasteiger partial charge in [-0.3, -0.25) is 14.4 Å². The highest BCUT2D eigenvalue weighted by Crippen LogP contribution is 2.19. The molecule has 0 aliphatic rings. The Bertz CT molecular complexity index is 846. The Balaban J connectivity index is 1.77. The summed E-state index contributed by atoms with van der Waals surface area (Å²) in [5.74, 6) is -0.763. The van der Waals surface area contributed by atoms with E-state index in [2.05, 4.69) is 10.6 Å². The van der Waals surface area contributed by atoms with Crippen molar-refractivity contribution in [3.63, 3.8) is 0 Å². The van der Waals surface area contributed by atoms with Crippen molar-refractivity contribution in [3.05, 3.63) is 59.2 Å². The molecule has 0 aliphatic heterocycles. The molecule has 0 saturated heterocycles. The Morgan fingerprint density at radius 1 is 1.00 bits per heavy atom. The molecule has 0 unspecified atom stereocenters. The normalized spacial score (nSPS) is 10.2. The van der Waals surface area contributed by atoms with Gasteiger partial charge in [-0.15, -0.1) is 0 Å². The molecule has 0 aliphatic carbocycles. The molecule has 3 N–H and O–H groups in total. The Labute approximate surface area is 163 Å². The van der Waals surface area contributed by atoms with Crippen LogP contribution in [0.15, 0.2) is 42.5 Å². The molecule has 0 saturated carbocycles. The Morgan fingerprint density at radius 2 is 1.71 bits per heavy atom. The van der Waals surface area contributed by atoms with Crippen LogP contribution in [0.1, 0.15) is 34.3 Å². The van der Waals surface area contributed by atoms with Crippen molar-refractivity contribution < 1.29 is 24.2 Å². The molecule has 2 rings (SSSR count). The molecule has 28 heavy (non-hydrogen) atoms. The zero-order chi connectivity index (χ0) is 20.5. The number of hydrogen-bond donors (Lipinski definition) is 3. The maximum absolute atomic E-state index is 12.0. The van der Waals surface area contributed by atoms with Gasteiger partial charge in [-0.1, -0.05) is 17.7 Å². The fourth-order valence-corrected chi connectivity index (χ4v) is 2.53. The minimum atomic E-state index is -0.972. The maximum Gasteiger partial charge on any atom is 0.305 e. The number of hydrogen-bond acceptors (Lipinski definition) is 4. The van der Waals surface area contributed by atoms with Gasteiger partial charge in [0.1, 0.15) is 5.75 Å². The SMILES string of the molecule is Cc1ccc(OCCC(=O)Nc2ccc(C(=O)NCCC(=O)O)cc2)c(C)c1. The van der Waals surface area contributed by atoms with Crippen molar-refractivity contribution in [2.24, 2.45) is 0 Å². The van der Waals surface area contributed by atoms with E-state index in [-0.39, 0.29) is 37.8 Å². The molecule has 0 atom stereocenters. The third-order valence-corrected chi connectivity index (χ3v) is 3.97. The Morgan fingerprint density at radius 3 is 2.36 bits per heavy atom. The van der Waals surface area contributed by atoms with E-state index in [1.54, 1.807) is 24.3 Å². The lowest BCUT2D eigenvalue weighted by Crippen LogP contribution is -2.25. The van der Waals surface area contributed by atoms with Crippen molar-refractivity contribution in [1.29, 1.82) is 0 Å². The summed E-state index contributed by atoms with van der Waals surface area (Å²) >= 11 is 0. The number of carboxylic acids is 1. The summed E-state index contributed by atoms with van der Waals surface area (Å²) in [6.07, 6.45) is 0.0643. The zero-order valence-electron chi connectivity index (χ0n) is 16.0. The van der Waals surface area contributed by atoms with Gasteiger partial charge >= 0.3 is 5.97 Å². The minimum absolute atomic E-state index is 0.0626. The van der Waals surface area contributed by atoms with Crippen LogP contribution < -0.4 is 15.4 Å². The standard InChI is InChI=1S/C21H24N2O5/c1-14-3-8-18(15(2)13-14)28-12-10-19(24)23-17-6-4-16(5-7-17)21(27)22-11-9-20(25)26/h3-8,13H,9-12H2,1-2H3,(H,22,27)(H,23,24)(H,25,26). The number of rotatable bonds is 9. The van der Waals surface area contributed by atoms with Crippen molar-refractivity contribution in [3.8, 4) is 5.75 Å². The smallest absolute Gasteiger partial charge is 0.305 e. The van der Waals surface area contributed by atoms with Gasteiger partial charge in [0.25, 0.3) is 5.91 Å². The van der Waals surface area contributed by atoms with E-state index in [4.69, 9.17) is 9.84 Å². The quantitative estimate of drug-likeness (QED) is 0.617. The fourth-order valence-electron chi connectivity index (χ4n) is 2.53. The van der Waals surface area contributed by atoms with Crippen LogP contribution in [0.4, 0.5) is 5.69 Å². The second kappa shape index (κ2) is 10.1. The number of benzene rings is 2. The molecule has 2 aromatic rings. The Hall–Kier alpha value is -3.35. The van der Waals surface area contributed by atoms with Crippen LogP contribution in [-0.4, -0.2) is 36.0 Å². The van der Waals surface area contributed by atoms with Crippen LogP contribution in [-0.2, 0) is 9.59 Å². The number of anilines is 1. The summed E-state index contributed by atoms with van der Waals surface area (Å²) < 4.78 is 5.65. The summed E-state index contributed by atoms with van der Waals surface area (Å²) in [7, 11) is 0. The Kier molecular flexibility index (Phi) is 7.56. The van der Waals surface area contributed by atoms with Gasteiger partial charge in [0, 0.05) is 17.8 Å². The summed E-state index contributed by atoms with van der Waals surface area (Å²) in [5.41, 5.74) is 3.14. The molecule has 0 radical (unpaired) electrons. The summed E-state index contributed by atoms with van der Waals surface area (Å²) in [6.45, 7) is 4.30. The van der Waals surface area contributed by atoms with Crippen LogP contribution in [0.3, 0.4) is 0 Å². The van der Waals surface area contributed by atoms with Gasteiger partial charge in [-0.25, -0.2) is 0 Å². The van der Waals surface area contributed by atoms with E-state index in [1.807, 2.05) is 32.0 Å². The van der Waals surface area contributed by atoms with Crippen molar-refractivity contribution >= 4 is 23.5 Å². The zero-order valence-corrected chi connectivity index (χ0v) is 16.0. The molecule has 2 amide bonds. The molecule has 7 nitrogen and oxygen atoms in total. The van der Waals surface area contributed by atoms with Crippen LogP contribution in [0.25, 0.3) is 0 Å². The second-order valence-corrected chi connectivity index (χ2v) is 6.39.